The largest absolute Gasteiger partial charge is 0.264 e. The van der Waals surface area contributed by atoms with Crippen molar-refractivity contribution in [2.45, 2.75) is 33.9 Å². The van der Waals surface area contributed by atoms with Crippen LogP contribution in [0.25, 0.3) is 0 Å². The molecule has 0 aromatic rings. The molecule has 0 bridgehead atoms. The van der Waals surface area contributed by atoms with Crippen molar-refractivity contribution in [2.24, 2.45) is 5.92 Å². The number of hydrogen-bond acceptors (Lipinski definition) is 2. The van der Waals surface area contributed by atoms with Crippen molar-refractivity contribution >= 4 is 47.8 Å². The lowest BCUT2D eigenvalue weighted by Crippen LogP contribution is -2.38. The summed E-state index contributed by atoms with van der Waals surface area (Å²) in [6, 6.07) is -0.438. The Labute approximate surface area is 102 Å². The molecular formula is C7H10Br3NO2. The molecule has 0 N–H and O–H groups in total. The summed E-state index contributed by atoms with van der Waals surface area (Å²) in [4.78, 5) is 10.6. The van der Waals surface area contributed by atoms with Gasteiger partial charge in [-0.3, -0.25) is 10.1 Å². The van der Waals surface area contributed by atoms with Crippen LogP contribution in [0.4, 0.5) is 0 Å². The summed E-state index contributed by atoms with van der Waals surface area (Å²) in [7, 11) is 0. The lowest BCUT2D eigenvalue weighted by molar-refractivity contribution is -0.535. The Balaban J connectivity index is 2.73. The van der Waals surface area contributed by atoms with Crippen LogP contribution in [0.15, 0.2) is 0 Å². The van der Waals surface area contributed by atoms with Crippen LogP contribution in [0.2, 0.25) is 0 Å². The highest BCUT2D eigenvalue weighted by Gasteiger charge is 2.44. The van der Waals surface area contributed by atoms with Crippen LogP contribution in [0.5, 0.6) is 0 Å². The zero-order chi connectivity index (χ0) is 10.1. The average molecular weight is 380 g/mol. The molecule has 0 aromatic heterocycles. The number of nitrogens with zero attached hydrogens (tertiary/aromatic N) is 1. The molecule has 2 atom stereocenters. The van der Waals surface area contributed by atoms with Gasteiger partial charge in [0, 0.05) is 11.3 Å². The molecule has 0 aliphatic heterocycles. The van der Waals surface area contributed by atoms with Gasteiger partial charge in [0.05, 0.1) is 5.92 Å². The second-order valence-electron chi connectivity index (χ2n) is 3.29. The summed E-state index contributed by atoms with van der Waals surface area (Å²) < 4.78 is -0.481. The third-order valence-corrected chi connectivity index (χ3v) is 4.18. The third kappa shape index (κ3) is 3.16. The molecule has 1 fully saturated rings. The molecule has 0 spiro atoms. The zero-order valence-electron chi connectivity index (χ0n) is 6.88. The van der Waals surface area contributed by atoms with Gasteiger partial charge in [-0.2, -0.15) is 0 Å². The zero-order valence-corrected chi connectivity index (χ0v) is 11.6. The first-order chi connectivity index (χ1) is 5.93. The minimum Gasteiger partial charge on any atom is -0.264 e. The highest BCUT2D eigenvalue weighted by atomic mass is 80.0. The lowest BCUT2D eigenvalue weighted by Gasteiger charge is -2.31. The fourth-order valence-electron chi connectivity index (χ4n) is 1.75. The van der Waals surface area contributed by atoms with E-state index in [1.165, 1.54) is 0 Å². The number of halogens is 3. The van der Waals surface area contributed by atoms with E-state index in [-0.39, 0.29) is 10.8 Å². The molecule has 1 aliphatic rings. The Morgan fingerprint density at radius 3 is 2.15 bits per heavy atom. The number of alkyl halides is 3. The smallest absolute Gasteiger partial charge is 0.218 e. The second kappa shape index (κ2) is 4.57. The van der Waals surface area contributed by atoms with Gasteiger partial charge in [0.2, 0.25) is 6.04 Å². The number of rotatable bonds is 1. The molecule has 0 unspecified atom stereocenters. The van der Waals surface area contributed by atoms with E-state index in [1.54, 1.807) is 0 Å². The maximum atomic E-state index is 10.8. The topological polar surface area (TPSA) is 43.1 Å². The van der Waals surface area contributed by atoms with Crippen molar-refractivity contribution in [2.75, 3.05) is 0 Å². The predicted molar refractivity (Wildman–Crippen MR) is 62.3 cm³/mol. The van der Waals surface area contributed by atoms with Crippen molar-refractivity contribution in [1.29, 1.82) is 0 Å². The van der Waals surface area contributed by atoms with Crippen LogP contribution in [-0.4, -0.2) is 13.1 Å². The van der Waals surface area contributed by atoms with Crippen LogP contribution in [0, 0.1) is 16.0 Å². The van der Waals surface area contributed by atoms with E-state index in [0.717, 1.165) is 19.3 Å². The van der Waals surface area contributed by atoms with E-state index in [4.69, 9.17) is 0 Å². The fourth-order valence-corrected chi connectivity index (χ4v) is 3.35. The van der Waals surface area contributed by atoms with E-state index in [9.17, 15) is 10.1 Å². The van der Waals surface area contributed by atoms with Crippen LogP contribution >= 0.6 is 47.8 Å². The SMILES string of the molecule is O=[N+]([O-])[C@H]1CCCC[C@@H]1C(Br)(Br)Br. The molecule has 6 heteroatoms. The van der Waals surface area contributed by atoms with Gasteiger partial charge in [-0.1, -0.05) is 54.2 Å². The van der Waals surface area contributed by atoms with E-state index < -0.39 is 8.18 Å². The van der Waals surface area contributed by atoms with Crippen molar-refractivity contribution in [3.8, 4) is 0 Å². The van der Waals surface area contributed by atoms with Crippen molar-refractivity contribution in [1.82, 2.24) is 0 Å². The van der Waals surface area contributed by atoms with Gasteiger partial charge >= 0.3 is 0 Å². The van der Waals surface area contributed by atoms with Gasteiger partial charge in [-0.15, -0.1) is 0 Å². The van der Waals surface area contributed by atoms with E-state index in [0.29, 0.717) is 6.42 Å². The maximum absolute atomic E-state index is 10.8. The Kier molecular flexibility index (Phi) is 4.19. The monoisotopic (exact) mass is 377 g/mol. The second-order valence-corrected chi connectivity index (χ2v) is 10.2. The lowest BCUT2D eigenvalue weighted by atomic mass is 9.86. The highest BCUT2D eigenvalue weighted by molar-refractivity contribution is 9.39. The van der Waals surface area contributed by atoms with Crippen LogP contribution < -0.4 is 0 Å². The van der Waals surface area contributed by atoms with Crippen molar-refractivity contribution < 1.29 is 4.92 Å². The van der Waals surface area contributed by atoms with Crippen molar-refractivity contribution in [3.63, 3.8) is 0 Å². The Morgan fingerprint density at radius 1 is 1.23 bits per heavy atom. The van der Waals surface area contributed by atoms with Gasteiger partial charge in [0.1, 0.15) is 2.14 Å². The van der Waals surface area contributed by atoms with Crippen LogP contribution in [-0.2, 0) is 0 Å². The Bertz CT molecular complexity index is 204. The van der Waals surface area contributed by atoms with Crippen LogP contribution in [0.3, 0.4) is 0 Å². The van der Waals surface area contributed by atoms with E-state index in [2.05, 4.69) is 47.8 Å². The quantitative estimate of drug-likeness (QED) is 0.396. The van der Waals surface area contributed by atoms with Crippen molar-refractivity contribution in [3.05, 3.63) is 10.1 Å². The maximum Gasteiger partial charge on any atom is 0.218 e. The Morgan fingerprint density at radius 2 is 1.77 bits per heavy atom. The fraction of sp³-hybridized carbons (Fsp3) is 1.00. The molecule has 1 rings (SSSR count). The van der Waals surface area contributed by atoms with E-state index in [1.807, 2.05) is 0 Å². The molecular weight excluding hydrogens is 370 g/mol. The van der Waals surface area contributed by atoms with Gasteiger partial charge < -0.3 is 0 Å². The first-order valence-corrected chi connectivity index (χ1v) is 6.51. The summed E-state index contributed by atoms with van der Waals surface area (Å²) in [5.41, 5.74) is 0. The van der Waals surface area contributed by atoms with Gasteiger partial charge in [-0.25, -0.2) is 0 Å². The first-order valence-electron chi connectivity index (χ1n) is 4.13. The summed E-state index contributed by atoms with van der Waals surface area (Å²) in [6.45, 7) is 0. The first kappa shape index (κ1) is 11.9. The van der Waals surface area contributed by atoms with Crippen LogP contribution in [0.1, 0.15) is 25.7 Å². The van der Waals surface area contributed by atoms with E-state index >= 15 is 0 Å². The summed E-state index contributed by atoms with van der Waals surface area (Å²) in [5, 5.41) is 10.8. The molecule has 1 saturated carbocycles. The van der Waals surface area contributed by atoms with Gasteiger partial charge in [-0.05, 0) is 12.8 Å². The predicted octanol–water partition coefficient (Wildman–Crippen LogP) is 3.66. The summed E-state index contributed by atoms with van der Waals surface area (Å²) in [6.07, 6.45) is 3.60. The highest BCUT2D eigenvalue weighted by Crippen LogP contribution is 2.48. The van der Waals surface area contributed by atoms with Gasteiger partial charge in [0.15, 0.2) is 0 Å². The van der Waals surface area contributed by atoms with Gasteiger partial charge in [0.25, 0.3) is 0 Å². The molecule has 13 heavy (non-hydrogen) atoms. The molecule has 0 aromatic carbocycles. The third-order valence-electron chi connectivity index (χ3n) is 2.42. The molecule has 0 saturated heterocycles. The number of nitro groups is 1. The molecule has 0 amide bonds. The molecule has 0 heterocycles. The normalized spacial score (nSPS) is 30.1. The summed E-state index contributed by atoms with van der Waals surface area (Å²) in [5.74, 6) is 0.0104. The standard InChI is InChI=1S/C7H10Br3NO2/c8-7(9,10)5-3-1-2-4-6(5)11(12)13/h5-6H,1-4H2/t5-,6-/m0/s1. The molecule has 0 radical (unpaired) electrons. The molecule has 1 aliphatic carbocycles. The summed E-state index contributed by atoms with van der Waals surface area (Å²) >= 11 is 10.1. The molecule has 3 nitrogen and oxygen atoms in total. The molecule has 76 valence electrons. The minimum atomic E-state index is -0.481. The average Bonchev–Trinajstić information content (AvgIpc) is 2.03. The number of hydrogen-bond donors (Lipinski definition) is 0. The minimum absolute atomic E-state index is 0.0104. The Hall–Kier alpha value is 0.840.